The minimum atomic E-state index is -0.00364. The summed E-state index contributed by atoms with van der Waals surface area (Å²) < 4.78 is 12.9. The van der Waals surface area contributed by atoms with E-state index in [-0.39, 0.29) is 17.9 Å². The molecule has 8 nitrogen and oxygen atoms in total. The van der Waals surface area contributed by atoms with E-state index in [1.54, 1.807) is 10.9 Å². The molecule has 1 aromatic heterocycles. The van der Waals surface area contributed by atoms with E-state index in [0.717, 1.165) is 39.1 Å². The minimum absolute atomic E-state index is 0.00364. The van der Waals surface area contributed by atoms with Crippen LogP contribution in [0.1, 0.15) is 12.8 Å². The van der Waals surface area contributed by atoms with Crippen LogP contribution in [0, 0.1) is 5.92 Å². The fourth-order valence-corrected chi connectivity index (χ4v) is 3.84. The molecule has 3 aliphatic heterocycles. The van der Waals surface area contributed by atoms with Gasteiger partial charge in [0.1, 0.15) is 0 Å². The molecule has 0 saturated carbocycles. The van der Waals surface area contributed by atoms with Crippen molar-refractivity contribution < 1.29 is 14.3 Å². The molecule has 0 aliphatic carbocycles. The molecule has 0 aromatic carbocycles. The molecular weight excluding hydrogens is 310 g/mol. The van der Waals surface area contributed by atoms with Gasteiger partial charge >= 0.3 is 0 Å². The van der Waals surface area contributed by atoms with Crippen LogP contribution >= 0.6 is 0 Å². The molecule has 1 unspecified atom stereocenters. The Kier molecular flexibility index (Phi) is 4.77. The Morgan fingerprint density at radius 2 is 2.00 bits per heavy atom. The smallest absolute Gasteiger partial charge is 0.228 e. The summed E-state index contributed by atoms with van der Waals surface area (Å²) in [5.74, 6) is 0.433. The number of nitrogens with zero attached hydrogens (tertiary/aromatic N) is 5. The molecule has 3 saturated heterocycles. The molecule has 3 aliphatic rings. The molecule has 24 heavy (non-hydrogen) atoms. The maximum Gasteiger partial charge on any atom is 0.228 e. The van der Waals surface area contributed by atoms with E-state index < -0.39 is 0 Å². The third kappa shape index (κ3) is 3.45. The Morgan fingerprint density at radius 3 is 2.75 bits per heavy atom. The van der Waals surface area contributed by atoms with Crippen LogP contribution in [-0.4, -0.2) is 88.8 Å². The van der Waals surface area contributed by atoms with Gasteiger partial charge in [0, 0.05) is 51.6 Å². The number of hydrogen-bond acceptors (Lipinski definition) is 6. The number of hydrogen-bond donors (Lipinski definition) is 0. The normalized spacial score (nSPS) is 27.2. The molecule has 4 heterocycles. The molecule has 1 atom stereocenters. The number of ether oxygens (including phenoxy) is 2. The zero-order chi connectivity index (χ0) is 16.4. The third-order valence-electron chi connectivity index (χ3n) is 5.28. The zero-order valence-electron chi connectivity index (χ0n) is 13.9. The summed E-state index contributed by atoms with van der Waals surface area (Å²) in [7, 11) is 0. The molecule has 132 valence electrons. The van der Waals surface area contributed by atoms with Gasteiger partial charge in [-0.2, -0.15) is 0 Å². The van der Waals surface area contributed by atoms with Crippen LogP contribution in [0.2, 0.25) is 0 Å². The average molecular weight is 335 g/mol. The Bertz CT molecular complexity index is 540. The van der Waals surface area contributed by atoms with Crippen LogP contribution < -0.4 is 0 Å². The third-order valence-corrected chi connectivity index (χ3v) is 5.28. The first-order valence-corrected chi connectivity index (χ1v) is 8.86. The Morgan fingerprint density at radius 1 is 1.17 bits per heavy atom. The molecule has 0 radical (unpaired) electrons. The van der Waals surface area contributed by atoms with E-state index in [2.05, 4.69) is 15.2 Å². The highest BCUT2D eigenvalue weighted by Gasteiger charge is 2.40. The van der Waals surface area contributed by atoms with Crippen molar-refractivity contribution in [3.63, 3.8) is 0 Å². The Hall–Kier alpha value is -1.51. The van der Waals surface area contributed by atoms with E-state index in [1.165, 1.54) is 0 Å². The highest BCUT2D eigenvalue weighted by molar-refractivity contribution is 5.80. The fourth-order valence-electron chi connectivity index (χ4n) is 3.84. The van der Waals surface area contributed by atoms with Gasteiger partial charge in [-0.15, -0.1) is 5.10 Å². The number of morpholine rings is 1. The van der Waals surface area contributed by atoms with Gasteiger partial charge in [0.2, 0.25) is 5.91 Å². The molecular formula is C16H25N5O3. The van der Waals surface area contributed by atoms with Gasteiger partial charge < -0.3 is 14.4 Å². The predicted molar refractivity (Wildman–Crippen MR) is 85.2 cm³/mol. The van der Waals surface area contributed by atoms with Crippen molar-refractivity contribution >= 4 is 5.91 Å². The summed E-state index contributed by atoms with van der Waals surface area (Å²) in [5, 5.41) is 7.78. The number of likely N-dealkylation sites (tertiary alicyclic amines) is 1. The second kappa shape index (κ2) is 7.16. The maximum absolute atomic E-state index is 12.7. The zero-order valence-corrected chi connectivity index (χ0v) is 13.9. The summed E-state index contributed by atoms with van der Waals surface area (Å²) in [6, 6.07) is 0.604. The molecule has 0 spiro atoms. The molecule has 0 bridgehead atoms. The number of carbonyl (C=O) groups is 1. The number of carbonyl (C=O) groups excluding carboxylic acids is 1. The first-order chi connectivity index (χ1) is 11.8. The Balaban J connectivity index is 1.25. The number of aromatic nitrogens is 3. The van der Waals surface area contributed by atoms with Gasteiger partial charge in [-0.3, -0.25) is 9.69 Å². The topological polar surface area (TPSA) is 72.7 Å². The van der Waals surface area contributed by atoms with Crippen molar-refractivity contribution in [3.8, 4) is 0 Å². The van der Waals surface area contributed by atoms with Gasteiger partial charge in [-0.1, -0.05) is 5.21 Å². The monoisotopic (exact) mass is 335 g/mol. The van der Waals surface area contributed by atoms with Crippen LogP contribution in [0.5, 0.6) is 0 Å². The van der Waals surface area contributed by atoms with Crippen molar-refractivity contribution in [2.24, 2.45) is 5.92 Å². The summed E-state index contributed by atoms with van der Waals surface area (Å²) >= 11 is 0. The predicted octanol–water partition coefficient (Wildman–Crippen LogP) is -0.384. The number of amides is 1. The van der Waals surface area contributed by atoms with Crippen LogP contribution in [0.15, 0.2) is 12.4 Å². The van der Waals surface area contributed by atoms with Gasteiger partial charge in [-0.25, -0.2) is 4.68 Å². The average Bonchev–Trinajstić information content (AvgIpc) is 3.08. The molecule has 4 rings (SSSR count). The van der Waals surface area contributed by atoms with Gasteiger partial charge in [0.15, 0.2) is 0 Å². The lowest BCUT2D eigenvalue weighted by atomic mass is 9.93. The van der Waals surface area contributed by atoms with Crippen molar-refractivity contribution in [2.75, 3.05) is 46.0 Å². The molecule has 1 aromatic rings. The lowest BCUT2D eigenvalue weighted by Crippen LogP contribution is -2.60. The van der Waals surface area contributed by atoms with Crippen molar-refractivity contribution in [3.05, 3.63) is 12.4 Å². The lowest BCUT2D eigenvalue weighted by Gasteiger charge is -2.46. The molecule has 3 fully saturated rings. The fraction of sp³-hybridized carbons (Fsp3) is 0.812. The van der Waals surface area contributed by atoms with E-state index >= 15 is 0 Å². The van der Waals surface area contributed by atoms with E-state index in [1.807, 2.05) is 11.1 Å². The van der Waals surface area contributed by atoms with Crippen molar-refractivity contribution in [2.45, 2.75) is 31.5 Å². The van der Waals surface area contributed by atoms with Crippen LogP contribution in [0.4, 0.5) is 0 Å². The van der Waals surface area contributed by atoms with Gasteiger partial charge in [0.25, 0.3) is 0 Å². The van der Waals surface area contributed by atoms with Gasteiger partial charge in [-0.05, 0) is 12.8 Å². The second-order valence-corrected chi connectivity index (χ2v) is 6.90. The standard InChI is InChI=1S/C16H25N5O3/c22-16(13-9-20(10-13)14-1-6-23-7-2-14)19-5-8-24-15(11-19)12-21-4-3-17-18-21/h3-4,13-15H,1-2,5-12H2. The SMILES string of the molecule is O=C(C1CN(C2CCOCC2)C1)N1CCOC(Cn2ccnn2)C1. The van der Waals surface area contributed by atoms with Crippen LogP contribution in [-0.2, 0) is 20.8 Å². The molecule has 1 amide bonds. The summed E-state index contributed by atoms with van der Waals surface area (Å²) in [6.45, 7) is 6.08. The first-order valence-electron chi connectivity index (χ1n) is 8.86. The maximum atomic E-state index is 12.7. The molecule has 8 heteroatoms. The van der Waals surface area contributed by atoms with Gasteiger partial charge in [0.05, 0.1) is 31.4 Å². The summed E-state index contributed by atoms with van der Waals surface area (Å²) in [6.07, 6.45) is 5.67. The number of rotatable bonds is 4. The summed E-state index contributed by atoms with van der Waals surface area (Å²) in [4.78, 5) is 17.2. The minimum Gasteiger partial charge on any atom is -0.381 e. The summed E-state index contributed by atoms with van der Waals surface area (Å²) in [5.41, 5.74) is 0. The van der Waals surface area contributed by atoms with E-state index in [0.29, 0.717) is 32.3 Å². The lowest BCUT2D eigenvalue weighted by molar-refractivity contribution is -0.151. The quantitative estimate of drug-likeness (QED) is 0.747. The second-order valence-electron chi connectivity index (χ2n) is 6.90. The van der Waals surface area contributed by atoms with Crippen molar-refractivity contribution in [1.82, 2.24) is 24.8 Å². The molecule has 0 N–H and O–H groups in total. The first kappa shape index (κ1) is 16.0. The largest absolute Gasteiger partial charge is 0.381 e. The van der Waals surface area contributed by atoms with Crippen LogP contribution in [0.3, 0.4) is 0 Å². The van der Waals surface area contributed by atoms with E-state index in [4.69, 9.17) is 9.47 Å². The highest BCUT2D eigenvalue weighted by Crippen LogP contribution is 2.26. The van der Waals surface area contributed by atoms with E-state index in [9.17, 15) is 4.79 Å². The highest BCUT2D eigenvalue weighted by atomic mass is 16.5. The Labute approximate surface area is 141 Å². The van der Waals surface area contributed by atoms with Crippen molar-refractivity contribution in [1.29, 1.82) is 0 Å². The van der Waals surface area contributed by atoms with Crippen LogP contribution in [0.25, 0.3) is 0 Å².